The minimum absolute atomic E-state index is 0.272. The van der Waals surface area contributed by atoms with Crippen molar-refractivity contribution < 1.29 is 4.74 Å². The molecule has 0 fully saturated rings. The summed E-state index contributed by atoms with van der Waals surface area (Å²) in [6.45, 7) is 2.12. The number of nitrogen functional groups attached to an aromatic ring is 1. The van der Waals surface area contributed by atoms with Crippen molar-refractivity contribution in [2.75, 3.05) is 12.8 Å². The highest BCUT2D eigenvalue weighted by atomic mass is 79.9. The van der Waals surface area contributed by atoms with E-state index in [0.717, 1.165) is 23.1 Å². The molecule has 1 aromatic heterocycles. The van der Waals surface area contributed by atoms with Crippen LogP contribution in [0.15, 0.2) is 34.9 Å². The smallest absolute Gasteiger partial charge is 0.136 e. The fraction of sp³-hybridized carbons (Fsp3) is 0.357. The van der Waals surface area contributed by atoms with Crippen molar-refractivity contribution in [1.82, 2.24) is 9.78 Å². The standard InChI is InChI=1S/C14H18BrN3O/c1-10(18-14(16)13(15)9-17-18)3-4-11-5-7-12(19-2)8-6-11/h5-10H,3-4,16H2,1-2H3. The largest absolute Gasteiger partial charge is 0.497 e. The van der Waals surface area contributed by atoms with E-state index in [2.05, 4.69) is 40.1 Å². The first-order valence-corrected chi connectivity index (χ1v) is 7.02. The molecule has 0 amide bonds. The zero-order chi connectivity index (χ0) is 13.8. The van der Waals surface area contributed by atoms with Crippen LogP contribution in [0.5, 0.6) is 5.75 Å². The number of benzene rings is 1. The van der Waals surface area contributed by atoms with E-state index in [1.54, 1.807) is 13.3 Å². The van der Waals surface area contributed by atoms with E-state index in [4.69, 9.17) is 10.5 Å². The van der Waals surface area contributed by atoms with Crippen LogP contribution < -0.4 is 10.5 Å². The Morgan fingerprint density at radius 1 is 1.37 bits per heavy atom. The van der Waals surface area contributed by atoms with Crippen molar-refractivity contribution in [3.8, 4) is 5.75 Å². The van der Waals surface area contributed by atoms with Gasteiger partial charge in [-0.2, -0.15) is 5.10 Å². The summed E-state index contributed by atoms with van der Waals surface area (Å²) in [4.78, 5) is 0. The predicted molar refractivity (Wildman–Crippen MR) is 80.4 cm³/mol. The van der Waals surface area contributed by atoms with E-state index in [0.29, 0.717) is 5.82 Å². The van der Waals surface area contributed by atoms with E-state index in [1.165, 1.54) is 5.56 Å². The summed E-state index contributed by atoms with van der Waals surface area (Å²) in [7, 11) is 1.68. The molecule has 1 unspecified atom stereocenters. The molecule has 1 aromatic carbocycles. The summed E-state index contributed by atoms with van der Waals surface area (Å²) in [5, 5.41) is 4.28. The van der Waals surface area contributed by atoms with Crippen LogP contribution >= 0.6 is 15.9 Å². The van der Waals surface area contributed by atoms with Gasteiger partial charge in [0.05, 0.1) is 23.8 Å². The Labute approximate surface area is 121 Å². The van der Waals surface area contributed by atoms with E-state index in [9.17, 15) is 0 Å². The molecule has 0 saturated carbocycles. The Morgan fingerprint density at radius 3 is 2.58 bits per heavy atom. The maximum absolute atomic E-state index is 5.95. The summed E-state index contributed by atoms with van der Waals surface area (Å²) in [5.41, 5.74) is 7.24. The first kappa shape index (κ1) is 13.9. The highest BCUT2D eigenvalue weighted by Crippen LogP contribution is 2.24. The number of ether oxygens (including phenoxy) is 1. The van der Waals surface area contributed by atoms with Gasteiger partial charge in [0.25, 0.3) is 0 Å². The van der Waals surface area contributed by atoms with Gasteiger partial charge in [0.1, 0.15) is 11.6 Å². The third-order valence-electron chi connectivity index (χ3n) is 3.21. The third kappa shape index (κ3) is 3.29. The quantitative estimate of drug-likeness (QED) is 0.917. The lowest BCUT2D eigenvalue weighted by Crippen LogP contribution is -2.11. The average molecular weight is 324 g/mol. The summed E-state index contributed by atoms with van der Waals surface area (Å²) in [6.07, 6.45) is 3.71. The first-order valence-electron chi connectivity index (χ1n) is 6.23. The molecule has 0 saturated heterocycles. The number of anilines is 1. The fourth-order valence-electron chi connectivity index (χ4n) is 1.99. The number of halogens is 1. The summed E-state index contributed by atoms with van der Waals surface area (Å²) in [5.74, 6) is 1.57. The van der Waals surface area contributed by atoms with Gasteiger partial charge in [0.2, 0.25) is 0 Å². The minimum atomic E-state index is 0.272. The van der Waals surface area contributed by atoms with Gasteiger partial charge >= 0.3 is 0 Å². The molecule has 4 nitrogen and oxygen atoms in total. The number of aryl methyl sites for hydroxylation is 1. The van der Waals surface area contributed by atoms with Crippen LogP contribution in [0.3, 0.4) is 0 Å². The van der Waals surface area contributed by atoms with E-state index >= 15 is 0 Å². The molecule has 0 aliphatic heterocycles. The van der Waals surface area contributed by atoms with Crippen LogP contribution in [0, 0.1) is 0 Å². The number of hydrogen-bond acceptors (Lipinski definition) is 3. The Hall–Kier alpha value is -1.49. The molecule has 0 spiro atoms. The number of nitrogens with zero attached hydrogens (tertiary/aromatic N) is 2. The molecule has 0 radical (unpaired) electrons. The zero-order valence-corrected chi connectivity index (χ0v) is 12.7. The third-order valence-corrected chi connectivity index (χ3v) is 3.83. The molecule has 1 heterocycles. The van der Waals surface area contributed by atoms with Crippen LogP contribution in [0.2, 0.25) is 0 Å². The van der Waals surface area contributed by atoms with E-state index in [-0.39, 0.29) is 6.04 Å². The van der Waals surface area contributed by atoms with Crippen LogP contribution in [0.1, 0.15) is 24.9 Å². The van der Waals surface area contributed by atoms with Crippen molar-refractivity contribution in [3.05, 3.63) is 40.5 Å². The second-order valence-electron chi connectivity index (χ2n) is 4.56. The molecule has 2 N–H and O–H groups in total. The van der Waals surface area contributed by atoms with Crippen LogP contribution in [0.4, 0.5) is 5.82 Å². The lowest BCUT2D eigenvalue weighted by molar-refractivity contribution is 0.414. The average Bonchev–Trinajstić information content (AvgIpc) is 2.77. The molecule has 2 aromatic rings. The number of hydrogen-bond donors (Lipinski definition) is 1. The van der Waals surface area contributed by atoms with Gasteiger partial charge in [-0.15, -0.1) is 0 Å². The minimum Gasteiger partial charge on any atom is -0.497 e. The number of methoxy groups -OCH3 is 1. The second-order valence-corrected chi connectivity index (χ2v) is 5.41. The van der Waals surface area contributed by atoms with E-state index < -0.39 is 0 Å². The van der Waals surface area contributed by atoms with Gasteiger partial charge in [0.15, 0.2) is 0 Å². The van der Waals surface area contributed by atoms with Crippen LogP contribution in [-0.2, 0) is 6.42 Å². The summed E-state index contributed by atoms with van der Waals surface area (Å²) in [6, 6.07) is 8.42. The Kier molecular flexibility index (Phi) is 4.47. The normalized spacial score (nSPS) is 12.4. The van der Waals surface area contributed by atoms with Crippen LogP contribution in [0.25, 0.3) is 0 Å². The van der Waals surface area contributed by atoms with Gasteiger partial charge in [0, 0.05) is 0 Å². The SMILES string of the molecule is COc1ccc(CCC(C)n2ncc(Br)c2N)cc1. The van der Waals surface area contributed by atoms with Gasteiger partial charge in [-0.25, -0.2) is 4.68 Å². The molecular weight excluding hydrogens is 306 g/mol. The van der Waals surface area contributed by atoms with Crippen molar-refractivity contribution in [3.63, 3.8) is 0 Å². The molecule has 102 valence electrons. The predicted octanol–water partition coefficient (Wildman–Crippen LogP) is 3.43. The maximum atomic E-state index is 5.95. The van der Waals surface area contributed by atoms with Crippen molar-refractivity contribution in [1.29, 1.82) is 0 Å². The second kappa shape index (κ2) is 6.10. The first-order chi connectivity index (χ1) is 9.11. The number of nitrogens with two attached hydrogens (primary N) is 1. The Bertz CT molecular complexity index is 536. The molecule has 0 bridgehead atoms. The number of rotatable bonds is 5. The highest BCUT2D eigenvalue weighted by molar-refractivity contribution is 9.10. The van der Waals surface area contributed by atoms with Gasteiger partial charge < -0.3 is 10.5 Å². The molecule has 5 heteroatoms. The summed E-state index contributed by atoms with van der Waals surface area (Å²) >= 11 is 3.37. The number of aromatic nitrogens is 2. The van der Waals surface area contributed by atoms with Crippen molar-refractivity contribution in [2.24, 2.45) is 0 Å². The Balaban J connectivity index is 1.96. The Morgan fingerprint density at radius 2 is 2.05 bits per heavy atom. The zero-order valence-electron chi connectivity index (χ0n) is 11.1. The van der Waals surface area contributed by atoms with Gasteiger partial charge in [-0.3, -0.25) is 0 Å². The fourth-order valence-corrected chi connectivity index (χ4v) is 2.27. The molecular formula is C14H18BrN3O. The molecule has 1 atom stereocenters. The van der Waals surface area contributed by atoms with Crippen molar-refractivity contribution >= 4 is 21.7 Å². The van der Waals surface area contributed by atoms with Crippen LogP contribution in [-0.4, -0.2) is 16.9 Å². The monoisotopic (exact) mass is 323 g/mol. The lowest BCUT2D eigenvalue weighted by atomic mass is 10.1. The maximum Gasteiger partial charge on any atom is 0.136 e. The summed E-state index contributed by atoms with van der Waals surface area (Å²) < 4.78 is 7.85. The van der Waals surface area contributed by atoms with E-state index in [1.807, 2.05) is 16.8 Å². The molecule has 0 aliphatic rings. The van der Waals surface area contributed by atoms with Gasteiger partial charge in [-0.05, 0) is 53.4 Å². The molecule has 0 aliphatic carbocycles. The van der Waals surface area contributed by atoms with Crippen molar-refractivity contribution in [2.45, 2.75) is 25.8 Å². The topological polar surface area (TPSA) is 53.1 Å². The molecule has 2 rings (SSSR count). The highest BCUT2D eigenvalue weighted by Gasteiger charge is 2.11. The lowest BCUT2D eigenvalue weighted by Gasteiger charge is -2.14. The molecule has 19 heavy (non-hydrogen) atoms. The van der Waals surface area contributed by atoms with Gasteiger partial charge in [-0.1, -0.05) is 12.1 Å².